The number of methoxy groups -OCH3 is 1. The molecular formula is C21H25N5O3. The van der Waals surface area contributed by atoms with E-state index in [9.17, 15) is 4.79 Å². The number of likely N-dealkylation sites (tertiary alicyclic amines) is 1. The third kappa shape index (κ3) is 4.04. The molecule has 0 bridgehead atoms. The number of hydrogen-bond acceptors (Lipinski definition) is 6. The number of nitrogens with zero attached hydrogens (tertiary/aromatic N) is 5. The molecule has 0 radical (unpaired) electrons. The molecular weight excluding hydrogens is 370 g/mol. The number of rotatable bonds is 5. The van der Waals surface area contributed by atoms with Crippen LogP contribution in [0.3, 0.4) is 0 Å². The van der Waals surface area contributed by atoms with Crippen molar-refractivity contribution in [3.05, 3.63) is 35.4 Å². The number of aryl methyl sites for hydroxylation is 1. The molecule has 0 saturated carbocycles. The molecule has 2 aliphatic rings. The van der Waals surface area contributed by atoms with Gasteiger partial charge in [0.1, 0.15) is 5.82 Å². The van der Waals surface area contributed by atoms with E-state index >= 15 is 0 Å². The minimum Gasteiger partial charge on any atom is -0.493 e. The van der Waals surface area contributed by atoms with Crippen LogP contribution >= 0.6 is 0 Å². The maximum atomic E-state index is 13.0. The summed E-state index contributed by atoms with van der Waals surface area (Å²) in [7, 11) is 1.56. The molecule has 1 fully saturated rings. The lowest BCUT2D eigenvalue weighted by Gasteiger charge is -2.32. The Labute approximate surface area is 170 Å². The Morgan fingerprint density at radius 1 is 1.24 bits per heavy atom. The molecule has 1 aromatic heterocycles. The average Bonchev–Trinajstić information content (AvgIpc) is 3.21. The molecule has 0 aliphatic carbocycles. The molecule has 2 aliphatic heterocycles. The Balaban J connectivity index is 1.39. The predicted octanol–water partition coefficient (Wildman–Crippen LogP) is 2.43. The van der Waals surface area contributed by atoms with Crippen molar-refractivity contribution in [1.82, 2.24) is 19.7 Å². The van der Waals surface area contributed by atoms with Gasteiger partial charge in [-0.2, -0.15) is 5.26 Å². The van der Waals surface area contributed by atoms with Crippen molar-refractivity contribution in [2.24, 2.45) is 5.92 Å². The topological polar surface area (TPSA) is 93.3 Å². The van der Waals surface area contributed by atoms with Gasteiger partial charge in [-0.3, -0.25) is 4.79 Å². The summed E-state index contributed by atoms with van der Waals surface area (Å²) >= 11 is 0. The second kappa shape index (κ2) is 8.52. The molecule has 0 N–H and O–H groups in total. The van der Waals surface area contributed by atoms with E-state index in [4.69, 9.17) is 14.7 Å². The normalized spacial score (nSPS) is 18.6. The summed E-state index contributed by atoms with van der Waals surface area (Å²) in [6.07, 6.45) is 5.00. The van der Waals surface area contributed by atoms with Crippen LogP contribution in [0.2, 0.25) is 0 Å². The Kier molecular flexibility index (Phi) is 5.65. The third-order valence-electron chi connectivity index (χ3n) is 5.62. The number of piperidine rings is 1. The summed E-state index contributed by atoms with van der Waals surface area (Å²) in [6.45, 7) is 2.68. The third-order valence-corrected chi connectivity index (χ3v) is 5.62. The minimum atomic E-state index is -0.0358. The lowest BCUT2D eigenvalue weighted by molar-refractivity contribution is 0.0613. The molecule has 152 valence electrons. The van der Waals surface area contributed by atoms with E-state index < -0.39 is 0 Å². The Hall–Kier alpha value is -3.08. The predicted molar refractivity (Wildman–Crippen MR) is 105 cm³/mol. The Bertz CT molecular complexity index is 933. The van der Waals surface area contributed by atoms with Gasteiger partial charge in [0.15, 0.2) is 11.5 Å². The number of fused-ring (bicyclic) bond motifs is 1. The van der Waals surface area contributed by atoms with Gasteiger partial charge in [0.25, 0.3) is 5.91 Å². The molecule has 8 nitrogen and oxygen atoms in total. The monoisotopic (exact) mass is 395 g/mol. The molecule has 1 atom stereocenters. The second-order valence-electron chi connectivity index (χ2n) is 7.60. The summed E-state index contributed by atoms with van der Waals surface area (Å²) in [5, 5.41) is 17.4. The lowest BCUT2D eigenvalue weighted by Crippen LogP contribution is -2.42. The van der Waals surface area contributed by atoms with Crippen LogP contribution in [0, 0.1) is 17.2 Å². The molecule has 1 saturated heterocycles. The summed E-state index contributed by atoms with van der Waals surface area (Å²) in [4.78, 5) is 14.9. The molecule has 1 aromatic carbocycles. The zero-order chi connectivity index (χ0) is 20.2. The van der Waals surface area contributed by atoms with Gasteiger partial charge in [0, 0.05) is 38.0 Å². The van der Waals surface area contributed by atoms with Gasteiger partial charge in [-0.25, -0.2) is 0 Å². The smallest absolute Gasteiger partial charge is 0.291 e. The molecule has 29 heavy (non-hydrogen) atoms. The number of carbonyl (C=O) groups is 1. The first-order valence-electron chi connectivity index (χ1n) is 10.1. The van der Waals surface area contributed by atoms with Crippen LogP contribution in [0.4, 0.5) is 0 Å². The van der Waals surface area contributed by atoms with Crippen molar-refractivity contribution in [3.63, 3.8) is 0 Å². The fourth-order valence-electron chi connectivity index (χ4n) is 4.06. The lowest BCUT2D eigenvalue weighted by atomic mass is 9.99. The van der Waals surface area contributed by atoms with E-state index in [1.54, 1.807) is 25.3 Å². The van der Waals surface area contributed by atoms with Crippen molar-refractivity contribution >= 4 is 5.91 Å². The molecule has 1 amide bonds. The minimum absolute atomic E-state index is 0.0358. The highest BCUT2D eigenvalue weighted by Crippen LogP contribution is 2.29. The fourth-order valence-corrected chi connectivity index (χ4v) is 4.06. The van der Waals surface area contributed by atoms with E-state index in [1.165, 1.54) is 0 Å². The van der Waals surface area contributed by atoms with Crippen molar-refractivity contribution in [2.45, 2.75) is 38.6 Å². The van der Waals surface area contributed by atoms with Crippen LogP contribution in [0.25, 0.3) is 0 Å². The maximum absolute atomic E-state index is 13.0. The van der Waals surface area contributed by atoms with Crippen molar-refractivity contribution < 1.29 is 14.3 Å². The van der Waals surface area contributed by atoms with Crippen LogP contribution in [0.15, 0.2) is 18.2 Å². The highest BCUT2D eigenvalue weighted by Gasteiger charge is 2.29. The first-order chi connectivity index (χ1) is 14.2. The van der Waals surface area contributed by atoms with E-state index in [2.05, 4.69) is 16.3 Å². The van der Waals surface area contributed by atoms with E-state index in [0.717, 1.165) is 51.0 Å². The largest absolute Gasteiger partial charge is 0.493 e. The molecule has 4 rings (SSSR count). The van der Waals surface area contributed by atoms with Gasteiger partial charge in [-0.05, 0) is 37.8 Å². The molecule has 0 spiro atoms. The average molecular weight is 395 g/mol. The SMILES string of the molecule is COc1cc(C#N)ccc1OCC1CCCN(C(=O)c2nnc3n2CCCC3)C1. The number of ether oxygens (including phenoxy) is 2. The van der Waals surface area contributed by atoms with Crippen LogP contribution in [0.1, 0.15) is 47.7 Å². The number of aromatic nitrogens is 3. The van der Waals surface area contributed by atoms with Crippen molar-refractivity contribution in [2.75, 3.05) is 26.8 Å². The van der Waals surface area contributed by atoms with E-state index in [0.29, 0.717) is 36.0 Å². The van der Waals surface area contributed by atoms with Crippen LogP contribution < -0.4 is 9.47 Å². The molecule has 1 unspecified atom stereocenters. The summed E-state index contributed by atoms with van der Waals surface area (Å²) in [5.41, 5.74) is 0.528. The van der Waals surface area contributed by atoms with Gasteiger partial charge >= 0.3 is 0 Å². The summed E-state index contributed by atoms with van der Waals surface area (Å²) < 4.78 is 13.3. The Morgan fingerprint density at radius 3 is 2.97 bits per heavy atom. The van der Waals surface area contributed by atoms with Crippen molar-refractivity contribution in [3.8, 4) is 17.6 Å². The molecule has 8 heteroatoms. The van der Waals surface area contributed by atoms with Crippen molar-refractivity contribution in [1.29, 1.82) is 5.26 Å². The molecule has 2 aromatic rings. The van der Waals surface area contributed by atoms with Crippen LogP contribution in [-0.4, -0.2) is 52.4 Å². The van der Waals surface area contributed by atoms with Gasteiger partial charge in [0.05, 0.1) is 25.3 Å². The maximum Gasteiger partial charge on any atom is 0.291 e. The number of nitriles is 1. The van der Waals surface area contributed by atoms with Crippen LogP contribution in [0.5, 0.6) is 11.5 Å². The summed E-state index contributed by atoms with van der Waals surface area (Å²) in [6, 6.07) is 7.23. The molecule has 3 heterocycles. The second-order valence-corrected chi connectivity index (χ2v) is 7.60. The zero-order valence-corrected chi connectivity index (χ0v) is 16.6. The highest BCUT2D eigenvalue weighted by atomic mass is 16.5. The van der Waals surface area contributed by atoms with Gasteiger partial charge in [-0.1, -0.05) is 0 Å². The number of hydrogen-bond donors (Lipinski definition) is 0. The van der Waals surface area contributed by atoms with E-state index in [-0.39, 0.29) is 11.8 Å². The van der Waals surface area contributed by atoms with Gasteiger partial charge < -0.3 is 18.9 Å². The fraction of sp³-hybridized carbons (Fsp3) is 0.524. The quantitative estimate of drug-likeness (QED) is 0.772. The highest BCUT2D eigenvalue weighted by molar-refractivity contribution is 5.90. The summed E-state index contributed by atoms with van der Waals surface area (Å²) in [5.74, 6) is 2.74. The first-order valence-corrected chi connectivity index (χ1v) is 10.1. The zero-order valence-electron chi connectivity index (χ0n) is 16.6. The number of benzene rings is 1. The first kappa shape index (κ1) is 19.2. The standard InChI is InChI=1S/C21H25N5O3/c1-28-18-11-15(12-22)7-8-17(18)29-14-16-5-4-9-25(13-16)21(27)20-24-23-19-6-2-3-10-26(19)20/h7-8,11,16H,2-6,9-10,13-14H2,1H3. The van der Waals surface area contributed by atoms with Gasteiger partial charge in [-0.15, -0.1) is 10.2 Å². The Morgan fingerprint density at radius 2 is 2.14 bits per heavy atom. The number of amides is 1. The van der Waals surface area contributed by atoms with E-state index in [1.807, 2.05) is 9.47 Å². The number of carbonyl (C=O) groups excluding carboxylic acids is 1. The van der Waals surface area contributed by atoms with Crippen LogP contribution in [-0.2, 0) is 13.0 Å². The van der Waals surface area contributed by atoms with Gasteiger partial charge in [0.2, 0.25) is 5.82 Å².